The summed E-state index contributed by atoms with van der Waals surface area (Å²) in [5.74, 6) is -0.623. The fourth-order valence-corrected chi connectivity index (χ4v) is 4.26. The van der Waals surface area contributed by atoms with E-state index in [1.165, 1.54) is 23.5 Å². The van der Waals surface area contributed by atoms with Crippen molar-refractivity contribution in [2.45, 2.75) is 6.92 Å². The third-order valence-electron chi connectivity index (χ3n) is 5.04. The van der Waals surface area contributed by atoms with Crippen LogP contribution in [0.4, 0.5) is 10.1 Å². The van der Waals surface area contributed by atoms with Crippen molar-refractivity contribution < 1.29 is 23.8 Å². The molecule has 9 heteroatoms. The Labute approximate surface area is 194 Å². The fourth-order valence-electron chi connectivity index (χ4n) is 3.36. The number of carbonyl (C=O) groups excluding carboxylic acids is 1. The largest absolute Gasteiger partial charge is 0.510 e. The monoisotopic (exact) mass is 467 g/mol. The first-order valence-electron chi connectivity index (χ1n) is 10.3. The third-order valence-corrected chi connectivity index (χ3v) is 5.90. The second-order valence-corrected chi connectivity index (χ2v) is 8.04. The quantitative estimate of drug-likeness (QED) is 0.361. The Kier molecular flexibility index (Phi) is 6.81. The molecule has 170 valence electrons. The van der Waals surface area contributed by atoms with Gasteiger partial charge in [-0.05, 0) is 55.5 Å². The van der Waals surface area contributed by atoms with Crippen LogP contribution in [0.3, 0.4) is 0 Å². The molecule has 0 atom stereocenters. The molecule has 33 heavy (non-hydrogen) atoms. The molecule has 0 fully saturated rings. The molecule has 2 heterocycles. The van der Waals surface area contributed by atoms with E-state index < -0.39 is 5.97 Å². The molecule has 0 aliphatic carbocycles. The van der Waals surface area contributed by atoms with Crippen molar-refractivity contribution in [3.63, 3.8) is 0 Å². The summed E-state index contributed by atoms with van der Waals surface area (Å²) in [6.45, 7) is 3.08. The highest BCUT2D eigenvalue weighted by molar-refractivity contribution is 7.11. The van der Waals surface area contributed by atoms with Gasteiger partial charge in [-0.3, -0.25) is 5.41 Å². The number of carbonyl (C=O) groups is 1. The number of benzene rings is 2. The zero-order chi connectivity index (χ0) is 23.4. The number of hydrogen-bond donors (Lipinski definition) is 2. The molecule has 4 rings (SSSR count). The molecule has 0 saturated heterocycles. The first-order chi connectivity index (χ1) is 16.0. The summed E-state index contributed by atoms with van der Waals surface area (Å²) >= 11 is 1.31. The number of halogens is 1. The number of anilines is 1. The minimum atomic E-state index is -0.449. The predicted molar refractivity (Wildman–Crippen MR) is 125 cm³/mol. The van der Waals surface area contributed by atoms with Crippen molar-refractivity contribution in [2.75, 3.05) is 31.3 Å². The highest BCUT2D eigenvalue weighted by Crippen LogP contribution is 2.34. The molecular weight excluding hydrogens is 445 g/mol. The second-order valence-electron chi connectivity index (χ2n) is 7.18. The van der Waals surface area contributed by atoms with E-state index in [1.807, 2.05) is 12.3 Å². The number of ether oxygens (including phenoxy) is 2. The van der Waals surface area contributed by atoms with Crippen molar-refractivity contribution in [3.05, 3.63) is 76.1 Å². The molecule has 0 unspecified atom stereocenters. The Balaban J connectivity index is 1.46. The molecule has 0 amide bonds. The number of aliphatic hydroxyl groups is 1. The van der Waals surface area contributed by atoms with E-state index >= 15 is 0 Å². The molecule has 0 bridgehead atoms. The Morgan fingerprint density at radius 1 is 1.18 bits per heavy atom. The summed E-state index contributed by atoms with van der Waals surface area (Å²) in [6.07, 6.45) is 0. The molecule has 2 N–H and O–H groups in total. The summed E-state index contributed by atoms with van der Waals surface area (Å²) in [6, 6.07) is 12.7. The number of esters is 1. The van der Waals surface area contributed by atoms with Gasteiger partial charge in [0.1, 0.15) is 29.0 Å². The molecule has 2 aromatic carbocycles. The normalized spacial score (nSPS) is 13.6. The number of rotatable bonds is 8. The van der Waals surface area contributed by atoms with Crippen LogP contribution in [0.25, 0.3) is 16.8 Å². The van der Waals surface area contributed by atoms with Crippen LogP contribution in [0.1, 0.15) is 22.3 Å². The lowest BCUT2D eigenvalue weighted by Gasteiger charge is -2.18. The number of aliphatic hydroxyl groups excluding tert-OH is 1. The summed E-state index contributed by atoms with van der Waals surface area (Å²) in [5, 5.41) is 21.5. The number of thiazole rings is 1. The lowest BCUT2D eigenvalue weighted by atomic mass is 10.2. The zero-order valence-electron chi connectivity index (χ0n) is 17.9. The zero-order valence-corrected chi connectivity index (χ0v) is 18.7. The predicted octanol–water partition coefficient (Wildman–Crippen LogP) is 4.91. The minimum Gasteiger partial charge on any atom is -0.510 e. The van der Waals surface area contributed by atoms with Crippen LogP contribution in [0, 0.1) is 11.2 Å². The van der Waals surface area contributed by atoms with Gasteiger partial charge in [-0.15, -0.1) is 11.3 Å². The molecule has 0 saturated carbocycles. The molecule has 0 radical (unpaired) electrons. The number of nitrogens with one attached hydrogen (secondary N) is 1. The Hall–Kier alpha value is -3.56. The van der Waals surface area contributed by atoms with Gasteiger partial charge in [0.2, 0.25) is 0 Å². The van der Waals surface area contributed by atoms with Gasteiger partial charge in [0, 0.05) is 23.2 Å². The van der Waals surface area contributed by atoms with E-state index in [0.717, 1.165) is 5.56 Å². The number of hydrogen-bond acceptors (Lipinski definition) is 7. The van der Waals surface area contributed by atoms with Gasteiger partial charge in [-0.25, -0.2) is 14.2 Å². The van der Waals surface area contributed by atoms with Crippen molar-refractivity contribution in [3.8, 4) is 11.3 Å². The standard InChI is InChI=1S/C24H22FN3O4S/c1-2-31-11-12-32-24(30)16-5-9-18(10-6-16)28-13-20(29)21(22(28)26)23-27-19(14-33-23)15-3-7-17(25)8-4-15/h3-10,14,26,29H,2,11-13H2,1H3. The molecule has 7 nitrogen and oxygen atoms in total. The second kappa shape index (κ2) is 9.93. The average molecular weight is 468 g/mol. The molecular formula is C24H22FN3O4S. The maximum Gasteiger partial charge on any atom is 0.338 e. The van der Waals surface area contributed by atoms with Crippen molar-refractivity contribution in [1.82, 2.24) is 4.98 Å². The number of aromatic nitrogens is 1. The Morgan fingerprint density at radius 2 is 1.91 bits per heavy atom. The first kappa shape index (κ1) is 22.6. The van der Waals surface area contributed by atoms with Crippen LogP contribution in [-0.2, 0) is 9.47 Å². The van der Waals surface area contributed by atoms with Crippen LogP contribution in [0.2, 0.25) is 0 Å². The SMILES string of the molecule is CCOCCOC(=O)c1ccc(N2CC(O)=C(c3nc(-c4ccc(F)cc4)cs3)C2=N)cc1. The van der Waals surface area contributed by atoms with E-state index in [1.54, 1.807) is 41.3 Å². The summed E-state index contributed by atoms with van der Waals surface area (Å²) in [4.78, 5) is 18.3. The lowest BCUT2D eigenvalue weighted by molar-refractivity contribution is 0.0335. The van der Waals surface area contributed by atoms with Crippen LogP contribution < -0.4 is 4.90 Å². The summed E-state index contributed by atoms with van der Waals surface area (Å²) in [7, 11) is 0. The van der Waals surface area contributed by atoms with Gasteiger partial charge in [0.15, 0.2) is 0 Å². The first-order valence-corrected chi connectivity index (χ1v) is 11.2. The number of amidine groups is 1. The molecule has 0 spiro atoms. The minimum absolute atomic E-state index is 0.0411. The van der Waals surface area contributed by atoms with Crippen LogP contribution in [-0.4, -0.2) is 48.3 Å². The van der Waals surface area contributed by atoms with Gasteiger partial charge in [0.25, 0.3) is 0 Å². The summed E-state index contributed by atoms with van der Waals surface area (Å²) < 4.78 is 23.5. The van der Waals surface area contributed by atoms with Gasteiger partial charge in [-0.2, -0.15) is 0 Å². The maximum absolute atomic E-state index is 13.2. The molecule has 1 aliphatic heterocycles. The van der Waals surface area contributed by atoms with Crippen molar-refractivity contribution >= 4 is 34.4 Å². The van der Waals surface area contributed by atoms with Crippen molar-refractivity contribution in [1.29, 1.82) is 5.41 Å². The van der Waals surface area contributed by atoms with Gasteiger partial charge in [0.05, 0.1) is 30.0 Å². The molecule has 3 aromatic rings. The van der Waals surface area contributed by atoms with Gasteiger partial charge in [-0.1, -0.05) is 0 Å². The number of nitrogens with zero attached hydrogens (tertiary/aromatic N) is 2. The van der Waals surface area contributed by atoms with Crippen LogP contribution >= 0.6 is 11.3 Å². The Morgan fingerprint density at radius 3 is 2.61 bits per heavy atom. The van der Waals surface area contributed by atoms with E-state index in [4.69, 9.17) is 14.9 Å². The highest BCUT2D eigenvalue weighted by atomic mass is 32.1. The Bertz CT molecular complexity index is 1190. The fraction of sp³-hybridized carbons (Fsp3) is 0.208. The van der Waals surface area contributed by atoms with E-state index in [0.29, 0.717) is 40.7 Å². The summed E-state index contributed by atoms with van der Waals surface area (Å²) in [5.41, 5.74) is 2.80. The maximum atomic E-state index is 13.2. The van der Waals surface area contributed by atoms with E-state index in [-0.39, 0.29) is 30.6 Å². The lowest BCUT2D eigenvalue weighted by Crippen LogP contribution is -2.26. The van der Waals surface area contributed by atoms with Crippen molar-refractivity contribution in [2.24, 2.45) is 0 Å². The van der Waals surface area contributed by atoms with E-state index in [2.05, 4.69) is 4.98 Å². The van der Waals surface area contributed by atoms with Gasteiger partial charge >= 0.3 is 5.97 Å². The van der Waals surface area contributed by atoms with Gasteiger partial charge < -0.3 is 19.5 Å². The topological polar surface area (TPSA) is 95.7 Å². The molecule has 1 aromatic heterocycles. The smallest absolute Gasteiger partial charge is 0.338 e. The van der Waals surface area contributed by atoms with E-state index in [9.17, 15) is 14.3 Å². The average Bonchev–Trinajstić information content (AvgIpc) is 3.41. The van der Waals surface area contributed by atoms with Crippen LogP contribution in [0.15, 0.2) is 59.7 Å². The molecule has 1 aliphatic rings. The third kappa shape index (κ3) is 4.94. The highest BCUT2D eigenvalue weighted by Gasteiger charge is 2.31. The van der Waals surface area contributed by atoms with Crippen LogP contribution in [0.5, 0.6) is 0 Å².